The van der Waals surface area contributed by atoms with Crippen molar-refractivity contribution in [1.82, 2.24) is 14.7 Å². The predicted molar refractivity (Wildman–Crippen MR) is 90.5 cm³/mol. The molecule has 0 unspecified atom stereocenters. The summed E-state index contributed by atoms with van der Waals surface area (Å²) in [5.41, 5.74) is -0.289. The Balaban J connectivity index is 1.80. The molecule has 1 aromatic heterocycles. The van der Waals surface area contributed by atoms with Gasteiger partial charge in [0.05, 0.1) is 15.8 Å². The number of halogens is 1. The number of H-pyrrole nitrogens is 2. The molecule has 0 saturated carbocycles. The monoisotopic (exact) mass is 363 g/mol. The molecule has 7 nitrogen and oxygen atoms in total. The summed E-state index contributed by atoms with van der Waals surface area (Å²) in [6.07, 6.45) is 0.390. The average molecular weight is 363 g/mol. The summed E-state index contributed by atoms with van der Waals surface area (Å²) in [5.74, 6) is -0.358. The van der Waals surface area contributed by atoms with Crippen LogP contribution in [0.4, 0.5) is 4.39 Å². The van der Waals surface area contributed by atoms with E-state index < -0.39 is 21.3 Å². The van der Waals surface area contributed by atoms with Gasteiger partial charge < -0.3 is 4.98 Å². The van der Waals surface area contributed by atoms with E-state index in [0.717, 1.165) is 5.56 Å². The van der Waals surface area contributed by atoms with Crippen molar-refractivity contribution in [2.45, 2.75) is 11.3 Å². The average Bonchev–Trinajstić information content (AvgIpc) is 2.56. The van der Waals surface area contributed by atoms with Gasteiger partial charge in [0.2, 0.25) is 10.0 Å². The predicted octanol–water partition coefficient (Wildman–Crippen LogP) is 0.876. The Labute approximate surface area is 141 Å². The fraction of sp³-hybridized carbons (Fsp3) is 0.125. The molecule has 0 amide bonds. The summed E-state index contributed by atoms with van der Waals surface area (Å²) in [6, 6.07) is 9.63. The minimum absolute atomic E-state index is 0.0704. The molecule has 0 radical (unpaired) electrons. The molecule has 0 bridgehead atoms. The molecule has 0 aliphatic carbocycles. The Morgan fingerprint density at radius 3 is 2.44 bits per heavy atom. The Morgan fingerprint density at radius 2 is 1.72 bits per heavy atom. The lowest BCUT2D eigenvalue weighted by Gasteiger charge is -2.08. The molecule has 1 heterocycles. The number of aromatic amines is 2. The van der Waals surface area contributed by atoms with E-state index in [1.165, 1.54) is 30.3 Å². The van der Waals surface area contributed by atoms with Crippen LogP contribution in [-0.4, -0.2) is 24.9 Å². The summed E-state index contributed by atoms with van der Waals surface area (Å²) in [5, 5.41) is 0.0704. The SMILES string of the molecule is O=c1[nH]c(=O)c2cc(S(=O)(=O)NCCc3ccc(F)cc3)ccc2[nH]1. The fourth-order valence-electron chi connectivity index (χ4n) is 2.38. The van der Waals surface area contributed by atoms with Crippen LogP contribution in [0, 0.1) is 5.82 Å². The number of sulfonamides is 1. The second-order valence-corrected chi connectivity index (χ2v) is 7.16. The highest BCUT2D eigenvalue weighted by Crippen LogP contribution is 2.14. The molecule has 9 heteroatoms. The van der Waals surface area contributed by atoms with E-state index >= 15 is 0 Å². The highest BCUT2D eigenvalue weighted by atomic mass is 32.2. The molecular formula is C16H14FN3O4S. The first kappa shape index (κ1) is 17.1. The molecule has 130 valence electrons. The molecule has 0 fully saturated rings. The van der Waals surface area contributed by atoms with Gasteiger partial charge in [-0.15, -0.1) is 0 Å². The van der Waals surface area contributed by atoms with E-state index in [1.807, 2.05) is 4.98 Å². The first-order chi connectivity index (χ1) is 11.8. The van der Waals surface area contributed by atoms with Gasteiger partial charge in [0.25, 0.3) is 5.56 Å². The first-order valence-electron chi connectivity index (χ1n) is 7.36. The molecular weight excluding hydrogens is 349 g/mol. The Hall–Kier alpha value is -2.78. The lowest BCUT2D eigenvalue weighted by atomic mass is 10.1. The third-order valence-corrected chi connectivity index (χ3v) is 5.10. The number of aromatic nitrogens is 2. The van der Waals surface area contributed by atoms with Crippen molar-refractivity contribution < 1.29 is 12.8 Å². The number of hydrogen-bond donors (Lipinski definition) is 3. The van der Waals surface area contributed by atoms with Gasteiger partial charge in [-0.1, -0.05) is 12.1 Å². The van der Waals surface area contributed by atoms with E-state index in [0.29, 0.717) is 6.42 Å². The highest BCUT2D eigenvalue weighted by Gasteiger charge is 2.15. The number of rotatable bonds is 5. The minimum Gasteiger partial charge on any atom is -0.307 e. The molecule has 0 saturated heterocycles. The van der Waals surface area contributed by atoms with Crippen molar-refractivity contribution in [3.05, 3.63) is 74.7 Å². The molecule has 3 N–H and O–H groups in total. The second-order valence-electron chi connectivity index (χ2n) is 5.39. The summed E-state index contributed by atoms with van der Waals surface area (Å²) in [6.45, 7) is 0.119. The third-order valence-electron chi connectivity index (χ3n) is 3.64. The topological polar surface area (TPSA) is 112 Å². The number of nitrogens with one attached hydrogen (secondary N) is 3. The number of fused-ring (bicyclic) bond motifs is 1. The van der Waals surface area contributed by atoms with Crippen molar-refractivity contribution in [2.24, 2.45) is 0 Å². The molecule has 25 heavy (non-hydrogen) atoms. The quantitative estimate of drug-likeness (QED) is 0.624. The van der Waals surface area contributed by atoms with E-state index in [4.69, 9.17) is 0 Å². The van der Waals surface area contributed by atoms with Gasteiger partial charge in [-0.25, -0.2) is 22.3 Å². The number of benzene rings is 2. The van der Waals surface area contributed by atoms with E-state index in [-0.39, 0.29) is 28.2 Å². The Morgan fingerprint density at radius 1 is 1.00 bits per heavy atom. The standard InChI is InChI=1S/C16H14FN3O4S/c17-11-3-1-10(2-4-11)7-8-18-25(23,24)12-5-6-14-13(9-12)15(21)20-16(22)19-14/h1-6,9,18H,7-8H2,(H2,19,20,21,22). The summed E-state index contributed by atoms with van der Waals surface area (Å²) in [4.78, 5) is 27.4. The van der Waals surface area contributed by atoms with Crippen molar-refractivity contribution in [3.8, 4) is 0 Å². The van der Waals surface area contributed by atoms with E-state index in [9.17, 15) is 22.4 Å². The lowest BCUT2D eigenvalue weighted by molar-refractivity contribution is 0.581. The summed E-state index contributed by atoms with van der Waals surface area (Å²) < 4.78 is 40.0. The van der Waals surface area contributed by atoms with E-state index in [2.05, 4.69) is 9.71 Å². The van der Waals surface area contributed by atoms with Crippen LogP contribution in [0.15, 0.2) is 56.9 Å². The van der Waals surface area contributed by atoms with Gasteiger partial charge in [0, 0.05) is 6.54 Å². The van der Waals surface area contributed by atoms with Gasteiger partial charge in [-0.05, 0) is 42.3 Å². The maximum Gasteiger partial charge on any atom is 0.326 e. The van der Waals surface area contributed by atoms with Crippen LogP contribution in [0.3, 0.4) is 0 Å². The molecule has 0 atom stereocenters. The van der Waals surface area contributed by atoms with Crippen molar-refractivity contribution >= 4 is 20.9 Å². The third kappa shape index (κ3) is 3.83. The summed E-state index contributed by atoms with van der Waals surface area (Å²) >= 11 is 0. The molecule has 0 aliphatic rings. The molecule has 0 aliphatic heterocycles. The lowest BCUT2D eigenvalue weighted by Crippen LogP contribution is -2.27. The van der Waals surface area contributed by atoms with Crippen LogP contribution in [0.2, 0.25) is 0 Å². The van der Waals surface area contributed by atoms with Gasteiger partial charge in [0.15, 0.2) is 0 Å². The van der Waals surface area contributed by atoms with Crippen LogP contribution < -0.4 is 16.0 Å². The largest absolute Gasteiger partial charge is 0.326 e. The van der Waals surface area contributed by atoms with Gasteiger partial charge in [-0.2, -0.15) is 0 Å². The van der Waals surface area contributed by atoms with Crippen LogP contribution in [0.25, 0.3) is 10.9 Å². The van der Waals surface area contributed by atoms with Crippen LogP contribution in [-0.2, 0) is 16.4 Å². The summed E-state index contributed by atoms with van der Waals surface area (Å²) in [7, 11) is -3.83. The maximum atomic E-state index is 12.8. The zero-order valence-corrected chi connectivity index (χ0v) is 13.7. The van der Waals surface area contributed by atoms with Crippen LogP contribution >= 0.6 is 0 Å². The highest BCUT2D eigenvalue weighted by molar-refractivity contribution is 7.89. The zero-order chi connectivity index (χ0) is 18.0. The van der Waals surface area contributed by atoms with Crippen molar-refractivity contribution in [2.75, 3.05) is 6.54 Å². The van der Waals surface area contributed by atoms with Crippen LogP contribution in [0.5, 0.6) is 0 Å². The zero-order valence-electron chi connectivity index (χ0n) is 12.9. The first-order valence-corrected chi connectivity index (χ1v) is 8.84. The normalized spacial score (nSPS) is 11.7. The van der Waals surface area contributed by atoms with Crippen molar-refractivity contribution in [3.63, 3.8) is 0 Å². The second kappa shape index (κ2) is 6.61. The minimum atomic E-state index is -3.83. The molecule has 2 aromatic carbocycles. The van der Waals surface area contributed by atoms with E-state index in [1.54, 1.807) is 12.1 Å². The molecule has 3 rings (SSSR count). The fourth-order valence-corrected chi connectivity index (χ4v) is 3.43. The van der Waals surface area contributed by atoms with Crippen LogP contribution in [0.1, 0.15) is 5.56 Å². The van der Waals surface area contributed by atoms with Crippen molar-refractivity contribution in [1.29, 1.82) is 0 Å². The molecule has 3 aromatic rings. The molecule has 0 spiro atoms. The van der Waals surface area contributed by atoms with Gasteiger partial charge in [-0.3, -0.25) is 9.78 Å². The Bertz CT molecular complexity index is 1130. The Kier molecular flexibility index (Phi) is 4.51. The van der Waals surface area contributed by atoms with Gasteiger partial charge >= 0.3 is 5.69 Å². The maximum absolute atomic E-state index is 12.8. The van der Waals surface area contributed by atoms with Gasteiger partial charge in [0.1, 0.15) is 5.82 Å². The smallest absolute Gasteiger partial charge is 0.307 e. The number of hydrogen-bond acceptors (Lipinski definition) is 4.